The molecular weight excluding hydrogens is 508 g/mol. The number of hydrogen-bond donors (Lipinski definition) is 6. The van der Waals surface area contributed by atoms with Crippen molar-refractivity contribution in [3.05, 3.63) is 66.7 Å². The van der Waals surface area contributed by atoms with Gasteiger partial charge in [0.2, 0.25) is 5.91 Å². The topological polar surface area (TPSA) is 167 Å². The Morgan fingerprint density at radius 3 is 2.33 bits per heavy atom. The molecule has 11 nitrogen and oxygen atoms in total. The van der Waals surface area contributed by atoms with Crippen molar-refractivity contribution in [2.45, 2.75) is 49.6 Å². The summed E-state index contributed by atoms with van der Waals surface area (Å²) in [5.41, 5.74) is 2.04. The van der Waals surface area contributed by atoms with Gasteiger partial charge in [-0.2, -0.15) is 0 Å². The summed E-state index contributed by atoms with van der Waals surface area (Å²) in [5, 5.41) is 47.2. The Morgan fingerprint density at radius 1 is 1.15 bits per heavy atom. The highest BCUT2D eigenvalue weighted by Gasteiger charge is 2.51. The molecule has 0 radical (unpaired) electrons. The highest BCUT2D eigenvalue weighted by atomic mass is 16.7. The minimum absolute atomic E-state index is 0.0633. The second-order valence-corrected chi connectivity index (χ2v) is 9.42. The average molecular weight is 545 g/mol. The monoisotopic (exact) mass is 544 g/mol. The molecule has 0 aliphatic carbocycles. The van der Waals surface area contributed by atoms with Gasteiger partial charge in [-0.25, -0.2) is 0 Å². The lowest BCUT2D eigenvalue weighted by Crippen LogP contribution is -2.67. The van der Waals surface area contributed by atoms with E-state index < -0.39 is 48.1 Å². The zero-order valence-corrected chi connectivity index (χ0v) is 21.9. The zero-order chi connectivity index (χ0) is 28.6. The number of rotatable bonds is 12. The fourth-order valence-electron chi connectivity index (χ4n) is 4.49. The van der Waals surface area contributed by atoms with Crippen molar-refractivity contribution in [1.82, 2.24) is 10.6 Å². The Morgan fingerprint density at radius 2 is 1.77 bits per heavy atom. The second-order valence-electron chi connectivity index (χ2n) is 9.42. The lowest BCUT2D eigenvalue weighted by molar-refractivity contribution is -0.328. The molecule has 6 N–H and O–H groups in total. The molecule has 1 aliphatic rings. The second kappa shape index (κ2) is 13.7. The standard InChI is InChI=1S/C28H36N2O9/c1-4-13-38-28(16-37-3)14-22(33)24(30-17(2)31)26(39-28)25(35)23(34)15-29-27(36)20-7-5-18(6-8-20)19-9-11-21(32)12-10-19/h4-12,22-26,32-35H,1,13-16H2,2-3H3,(H,29,36)(H,30,31). The fraction of sp³-hybridized carbons (Fsp3) is 0.429. The number of aliphatic hydroxyl groups is 3. The summed E-state index contributed by atoms with van der Waals surface area (Å²) >= 11 is 0. The van der Waals surface area contributed by atoms with Crippen molar-refractivity contribution in [2.24, 2.45) is 0 Å². The maximum Gasteiger partial charge on any atom is 0.251 e. The SMILES string of the molecule is C=CCOC1(COC)CC(O)C(NC(C)=O)C(C(O)C(O)CNC(=O)c2ccc(-c3ccc(O)cc3)cc2)O1. The molecular formula is C28H36N2O9. The van der Waals surface area contributed by atoms with E-state index in [4.69, 9.17) is 14.2 Å². The molecule has 2 amide bonds. The summed E-state index contributed by atoms with van der Waals surface area (Å²) < 4.78 is 17.0. The van der Waals surface area contributed by atoms with Crippen LogP contribution < -0.4 is 10.6 Å². The zero-order valence-electron chi connectivity index (χ0n) is 21.9. The summed E-state index contributed by atoms with van der Waals surface area (Å²) in [7, 11) is 1.42. The number of nitrogens with one attached hydrogen (secondary N) is 2. The average Bonchev–Trinajstić information content (AvgIpc) is 2.92. The highest BCUT2D eigenvalue weighted by Crippen LogP contribution is 2.33. The van der Waals surface area contributed by atoms with Crippen LogP contribution in [0.1, 0.15) is 23.7 Å². The molecule has 2 aromatic carbocycles. The molecule has 1 fully saturated rings. The van der Waals surface area contributed by atoms with E-state index >= 15 is 0 Å². The maximum atomic E-state index is 12.7. The molecule has 1 aliphatic heterocycles. The van der Waals surface area contributed by atoms with Gasteiger partial charge in [-0.3, -0.25) is 9.59 Å². The number of carbonyl (C=O) groups excluding carboxylic acids is 2. The Bertz CT molecular complexity index is 1110. The summed E-state index contributed by atoms with van der Waals surface area (Å²) in [6, 6.07) is 12.3. The molecule has 1 heterocycles. The molecule has 3 rings (SSSR count). The van der Waals surface area contributed by atoms with E-state index in [1.54, 1.807) is 48.5 Å². The van der Waals surface area contributed by atoms with Crippen LogP contribution in [0.15, 0.2) is 61.2 Å². The third-order valence-electron chi connectivity index (χ3n) is 6.39. The van der Waals surface area contributed by atoms with Crippen LogP contribution in [0.3, 0.4) is 0 Å². The van der Waals surface area contributed by atoms with Crippen molar-refractivity contribution >= 4 is 11.8 Å². The van der Waals surface area contributed by atoms with Crippen LogP contribution in [0.4, 0.5) is 0 Å². The Balaban J connectivity index is 1.69. The Labute approximate surface area is 227 Å². The molecule has 11 heteroatoms. The minimum Gasteiger partial charge on any atom is -0.508 e. The number of benzene rings is 2. The molecule has 1 saturated heterocycles. The number of aromatic hydroxyl groups is 1. The van der Waals surface area contributed by atoms with Gasteiger partial charge in [-0.1, -0.05) is 30.3 Å². The molecule has 0 bridgehead atoms. The van der Waals surface area contributed by atoms with E-state index in [0.717, 1.165) is 11.1 Å². The van der Waals surface area contributed by atoms with Gasteiger partial charge in [0.1, 0.15) is 24.6 Å². The third kappa shape index (κ3) is 7.85. The first-order chi connectivity index (χ1) is 18.6. The van der Waals surface area contributed by atoms with Crippen LogP contribution in [-0.2, 0) is 19.0 Å². The first-order valence-electron chi connectivity index (χ1n) is 12.5. The smallest absolute Gasteiger partial charge is 0.251 e. The number of amides is 2. The van der Waals surface area contributed by atoms with Crippen molar-refractivity contribution in [3.8, 4) is 16.9 Å². The summed E-state index contributed by atoms with van der Waals surface area (Å²) in [6.45, 7) is 4.48. The molecule has 212 valence electrons. The van der Waals surface area contributed by atoms with Crippen LogP contribution in [0.5, 0.6) is 5.75 Å². The van der Waals surface area contributed by atoms with Crippen LogP contribution >= 0.6 is 0 Å². The quantitative estimate of drug-likeness (QED) is 0.211. The summed E-state index contributed by atoms with van der Waals surface area (Å²) in [6.07, 6.45) is -4.23. The van der Waals surface area contributed by atoms with Crippen molar-refractivity contribution < 1.29 is 44.2 Å². The third-order valence-corrected chi connectivity index (χ3v) is 6.39. The molecule has 0 aromatic heterocycles. The van der Waals surface area contributed by atoms with Gasteiger partial charge in [-0.15, -0.1) is 6.58 Å². The molecule has 6 atom stereocenters. The summed E-state index contributed by atoms with van der Waals surface area (Å²) in [4.78, 5) is 24.5. The highest BCUT2D eigenvalue weighted by molar-refractivity contribution is 5.94. The minimum atomic E-state index is -1.63. The number of phenolic OH excluding ortho intramolecular Hbond substituents is 1. The normalized spacial score (nSPS) is 24.4. The predicted octanol–water partition coefficient (Wildman–Crippen LogP) is 0.711. The van der Waals surface area contributed by atoms with Crippen LogP contribution in [0.25, 0.3) is 11.1 Å². The fourth-order valence-corrected chi connectivity index (χ4v) is 4.49. The van der Waals surface area contributed by atoms with Gasteiger partial charge in [0.25, 0.3) is 5.91 Å². The Hall–Kier alpha value is -3.32. The molecule has 6 unspecified atom stereocenters. The van der Waals surface area contributed by atoms with Gasteiger partial charge >= 0.3 is 0 Å². The Kier molecular flexibility index (Phi) is 10.6. The number of phenols is 1. The molecule has 2 aromatic rings. The lowest BCUT2D eigenvalue weighted by atomic mass is 9.88. The number of methoxy groups -OCH3 is 1. The predicted molar refractivity (Wildman–Crippen MR) is 142 cm³/mol. The van der Waals surface area contributed by atoms with Gasteiger partial charge in [-0.05, 0) is 35.4 Å². The van der Waals surface area contributed by atoms with Crippen LogP contribution in [0.2, 0.25) is 0 Å². The van der Waals surface area contributed by atoms with E-state index in [1.165, 1.54) is 20.1 Å². The van der Waals surface area contributed by atoms with Crippen molar-refractivity contribution in [3.63, 3.8) is 0 Å². The van der Waals surface area contributed by atoms with Crippen molar-refractivity contribution in [2.75, 3.05) is 26.9 Å². The molecule has 0 spiro atoms. The first kappa shape index (κ1) is 30.2. The molecule has 0 saturated carbocycles. The van der Waals surface area contributed by atoms with Gasteiger partial charge < -0.3 is 45.3 Å². The van der Waals surface area contributed by atoms with Gasteiger partial charge in [0.15, 0.2) is 5.79 Å². The van der Waals surface area contributed by atoms with E-state index in [0.29, 0.717) is 5.56 Å². The van der Waals surface area contributed by atoms with E-state index in [9.17, 15) is 30.0 Å². The molecule has 39 heavy (non-hydrogen) atoms. The van der Waals surface area contributed by atoms with E-state index in [-0.39, 0.29) is 31.9 Å². The van der Waals surface area contributed by atoms with Gasteiger partial charge in [0, 0.05) is 32.6 Å². The van der Waals surface area contributed by atoms with Crippen LogP contribution in [0, 0.1) is 0 Å². The lowest BCUT2D eigenvalue weighted by Gasteiger charge is -2.48. The first-order valence-corrected chi connectivity index (χ1v) is 12.5. The number of ether oxygens (including phenoxy) is 3. The van der Waals surface area contributed by atoms with E-state index in [2.05, 4.69) is 17.2 Å². The van der Waals surface area contributed by atoms with Crippen molar-refractivity contribution in [1.29, 1.82) is 0 Å². The number of aliphatic hydroxyl groups excluding tert-OH is 3. The largest absolute Gasteiger partial charge is 0.508 e. The summed E-state index contributed by atoms with van der Waals surface area (Å²) in [5.74, 6) is -2.26. The van der Waals surface area contributed by atoms with E-state index in [1.807, 2.05) is 0 Å². The van der Waals surface area contributed by atoms with Gasteiger partial charge in [0.05, 0.1) is 24.9 Å². The van der Waals surface area contributed by atoms with Crippen LogP contribution in [-0.4, -0.2) is 95.4 Å². The maximum absolute atomic E-state index is 12.7. The number of hydrogen-bond acceptors (Lipinski definition) is 9. The number of carbonyl (C=O) groups is 2.